The van der Waals surface area contributed by atoms with Gasteiger partial charge in [-0.15, -0.1) is 11.3 Å². The third-order valence-electron chi connectivity index (χ3n) is 4.53. The minimum Gasteiger partial charge on any atom is -0.303 e. The Labute approximate surface area is 121 Å². The summed E-state index contributed by atoms with van der Waals surface area (Å²) in [7, 11) is 0. The molecule has 1 aromatic rings. The number of aryl methyl sites for hydroxylation is 2. The van der Waals surface area contributed by atoms with Crippen LogP contribution in [0.1, 0.15) is 74.4 Å². The second-order valence-electron chi connectivity index (χ2n) is 6.54. The van der Waals surface area contributed by atoms with Crippen molar-refractivity contribution in [2.45, 2.75) is 83.2 Å². The molecule has 19 heavy (non-hydrogen) atoms. The van der Waals surface area contributed by atoms with Crippen molar-refractivity contribution in [3.63, 3.8) is 0 Å². The maximum atomic E-state index is 5.04. The van der Waals surface area contributed by atoms with Crippen LogP contribution < -0.4 is 5.32 Å². The molecular formula is C16H26N2S. The van der Waals surface area contributed by atoms with Gasteiger partial charge in [-0.25, -0.2) is 4.98 Å². The molecule has 1 fully saturated rings. The van der Waals surface area contributed by atoms with Crippen LogP contribution in [0.5, 0.6) is 0 Å². The highest BCUT2D eigenvalue weighted by atomic mass is 32.1. The summed E-state index contributed by atoms with van der Waals surface area (Å²) in [5.74, 6) is 0. The second kappa shape index (κ2) is 5.53. The van der Waals surface area contributed by atoms with Crippen LogP contribution in [0.15, 0.2) is 0 Å². The molecule has 2 aliphatic rings. The van der Waals surface area contributed by atoms with E-state index in [0.717, 1.165) is 0 Å². The smallest absolute Gasteiger partial charge is 0.113 e. The minimum atomic E-state index is 0.180. The number of nitrogens with one attached hydrogen (secondary N) is 1. The van der Waals surface area contributed by atoms with Crippen LogP contribution in [0.25, 0.3) is 0 Å². The number of nitrogens with zero attached hydrogens (tertiary/aromatic N) is 1. The number of aromatic nitrogens is 1. The number of hydrogen-bond acceptors (Lipinski definition) is 3. The molecule has 0 bridgehead atoms. The number of fused-ring (bicyclic) bond motifs is 1. The largest absolute Gasteiger partial charge is 0.303 e. The zero-order chi connectivity index (χ0) is 13.3. The lowest BCUT2D eigenvalue weighted by atomic mass is 9.90. The summed E-state index contributed by atoms with van der Waals surface area (Å²) in [6, 6.07) is 0.539. The summed E-state index contributed by atoms with van der Waals surface area (Å²) in [5, 5.41) is 5.28. The Balaban J connectivity index is 1.92. The zero-order valence-corrected chi connectivity index (χ0v) is 13.1. The average Bonchev–Trinajstić information content (AvgIpc) is 2.86. The van der Waals surface area contributed by atoms with E-state index in [1.807, 2.05) is 11.3 Å². The van der Waals surface area contributed by atoms with E-state index in [4.69, 9.17) is 4.98 Å². The highest BCUT2D eigenvalue weighted by Gasteiger charge is 2.37. The van der Waals surface area contributed by atoms with Gasteiger partial charge in [-0.2, -0.15) is 0 Å². The molecular weight excluding hydrogens is 252 g/mol. The molecule has 0 saturated heterocycles. The van der Waals surface area contributed by atoms with Gasteiger partial charge in [-0.05, 0) is 46.0 Å². The van der Waals surface area contributed by atoms with Crippen LogP contribution >= 0.6 is 11.3 Å². The monoisotopic (exact) mass is 278 g/mol. The third-order valence-corrected chi connectivity index (χ3v) is 5.89. The molecule has 2 aliphatic carbocycles. The van der Waals surface area contributed by atoms with Gasteiger partial charge < -0.3 is 5.32 Å². The maximum absolute atomic E-state index is 5.04. The van der Waals surface area contributed by atoms with Gasteiger partial charge in [0.25, 0.3) is 0 Å². The number of rotatable bonds is 3. The third kappa shape index (κ3) is 2.73. The van der Waals surface area contributed by atoms with Gasteiger partial charge in [0, 0.05) is 10.9 Å². The van der Waals surface area contributed by atoms with Crippen molar-refractivity contribution >= 4 is 11.3 Å². The summed E-state index contributed by atoms with van der Waals surface area (Å²) in [6.07, 6.45) is 11.8. The van der Waals surface area contributed by atoms with Crippen molar-refractivity contribution in [1.29, 1.82) is 0 Å². The molecule has 0 unspecified atom stereocenters. The predicted molar refractivity (Wildman–Crippen MR) is 81.8 cm³/mol. The van der Waals surface area contributed by atoms with Crippen LogP contribution in [-0.2, 0) is 18.4 Å². The van der Waals surface area contributed by atoms with E-state index < -0.39 is 0 Å². The van der Waals surface area contributed by atoms with Crippen LogP contribution in [0.3, 0.4) is 0 Å². The van der Waals surface area contributed by atoms with Crippen LogP contribution in [0.2, 0.25) is 0 Å². The van der Waals surface area contributed by atoms with Gasteiger partial charge in [0.2, 0.25) is 0 Å². The molecule has 0 aromatic carbocycles. The molecule has 1 heterocycles. The van der Waals surface area contributed by atoms with Gasteiger partial charge in [-0.1, -0.05) is 25.7 Å². The van der Waals surface area contributed by atoms with E-state index in [-0.39, 0.29) is 5.54 Å². The fourth-order valence-corrected chi connectivity index (χ4v) is 5.06. The van der Waals surface area contributed by atoms with Gasteiger partial charge in [0.15, 0.2) is 0 Å². The quantitative estimate of drug-likeness (QED) is 0.839. The lowest BCUT2D eigenvalue weighted by Crippen LogP contribution is -2.45. The summed E-state index contributed by atoms with van der Waals surface area (Å²) in [6.45, 7) is 4.54. The highest BCUT2D eigenvalue weighted by Crippen LogP contribution is 2.41. The molecule has 2 nitrogen and oxygen atoms in total. The summed E-state index contributed by atoms with van der Waals surface area (Å²) in [4.78, 5) is 6.61. The fraction of sp³-hybridized carbons (Fsp3) is 0.812. The first-order chi connectivity index (χ1) is 9.20. The van der Waals surface area contributed by atoms with Crippen molar-refractivity contribution in [1.82, 2.24) is 10.3 Å². The highest BCUT2D eigenvalue weighted by molar-refractivity contribution is 7.12. The van der Waals surface area contributed by atoms with Crippen molar-refractivity contribution in [3.8, 4) is 0 Å². The van der Waals surface area contributed by atoms with Crippen LogP contribution in [0.4, 0.5) is 0 Å². The first-order valence-electron chi connectivity index (χ1n) is 7.96. The van der Waals surface area contributed by atoms with Crippen molar-refractivity contribution in [2.24, 2.45) is 0 Å². The lowest BCUT2D eigenvalue weighted by Gasteiger charge is -2.34. The zero-order valence-electron chi connectivity index (χ0n) is 12.3. The van der Waals surface area contributed by atoms with Crippen molar-refractivity contribution in [3.05, 3.63) is 15.6 Å². The topological polar surface area (TPSA) is 24.9 Å². The number of thiazole rings is 1. The van der Waals surface area contributed by atoms with E-state index in [2.05, 4.69) is 19.2 Å². The average molecular weight is 278 g/mol. The van der Waals surface area contributed by atoms with Crippen molar-refractivity contribution in [2.75, 3.05) is 0 Å². The molecule has 0 amide bonds. The van der Waals surface area contributed by atoms with Crippen LogP contribution in [0, 0.1) is 0 Å². The van der Waals surface area contributed by atoms with Gasteiger partial charge in [-0.3, -0.25) is 0 Å². The normalized spacial score (nSPS) is 22.5. The molecule has 3 rings (SSSR count). The fourth-order valence-electron chi connectivity index (χ4n) is 3.70. The Bertz CT molecular complexity index is 406. The maximum Gasteiger partial charge on any atom is 0.113 e. The lowest BCUT2D eigenvalue weighted by molar-refractivity contribution is 0.266. The molecule has 1 saturated carbocycles. The molecule has 1 N–H and O–H groups in total. The molecule has 0 aliphatic heterocycles. The van der Waals surface area contributed by atoms with E-state index >= 15 is 0 Å². The summed E-state index contributed by atoms with van der Waals surface area (Å²) >= 11 is 2.00. The SMILES string of the molecule is CC(C)NC1(c2nc3c(s2)CCC3)CCCCCC1. The minimum absolute atomic E-state index is 0.180. The predicted octanol–water partition coefficient (Wildman–Crippen LogP) is 4.18. The van der Waals surface area contributed by atoms with E-state index in [1.54, 1.807) is 4.88 Å². The Hall–Kier alpha value is -0.410. The summed E-state index contributed by atoms with van der Waals surface area (Å²) < 4.78 is 0. The van der Waals surface area contributed by atoms with E-state index in [9.17, 15) is 0 Å². The van der Waals surface area contributed by atoms with E-state index in [1.165, 1.54) is 68.5 Å². The molecule has 3 heteroatoms. The van der Waals surface area contributed by atoms with Crippen LogP contribution in [-0.4, -0.2) is 11.0 Å². The van der Waals surface area contributed by atoms with Gasteiger partial charge in [0.05, 0.1) is 11.2 Å². The van der Waals surface area contributed by atoms with Crippen molar-refractivity contribution < 1.29 is 0 Å². The molecule has 1 aromatic heterocycles. The molecule has 106 valence electrons. The molecule has 0 atom stereocenters. The van der Waals surface area contributed by atoms with Gasteiger partial charge >= 0.3 is 0 Å². The Kier molecular flexibility index (Phi) is 3.95. The second-order valence-corrected chi connectivity index (χ2v) is 7.62. The summed E-state index contributed by atoms with van der Waals surface area (Å²) in [5.41, 5.74) is 1.59. The first-order valence-corrected chi connectivity index (χ1v) is 8.78. The molecule has 0 radical (unpaired) electrons. The Morgan fingerprint density at radius 1 is 1.05 bits per heavy atom. The first kappa shape index (κ1) is 13.6. The van der Waals surface area contributed by atoms with E-state index in [0.29, 0.717) is 6.04 Å². The standard InChI is InChI=1S/C16H26N2S/c1-12(2)18-16(10-5-3-4-6-11-16)15-17-13-8-7-9-14(13)19-15/h12,18H,3-11H2,1-2H3. The molecule has 0 spiro atoms. The Morgan fingerprint density at radius 3 is 2.42 bits per heavy atom. The number of hydrogen-bond donors (Lipinski definition) is 1. The Morgan fingerprint density at radius 2 is 1.79 bits per heavy atom. The van der Waals surface area contributed by atoms with Gasteiger partial charge in [0.1, 0.15) is 5.01 Å².